The number of amides is 1. The third-order valence-corrected chi connectivity index (χ3v) is 10.6. The van der Waals surface area contributed by atoms with Crippen LogP contribution >= 0.6 is 27.4 Å². The number of rotatable bonds is 18. The Morgan fingerprint density at radius 2 is 1.69 bits per heavy atom. The Labute approximate surface area is 330 Å². The number of fused-ring (bicyclic) bond motifs is 1. The van der Waals surface area contributed by atoms with Crippen LogP contribution in [0.5, 0.6) is 0 Å². The van der Waals surface area contributed by atoms with Gasteiger partial charge < -0.3 is 55.9 Å². The minimum absolute atomic E-state index is 0.0340. The highest BCUT2D eigenvalue weighted by Gasteiger charge is 2.52. The van der Waals surface area contributed by atoms with Crippen LogP contribution in [0.3, 0.4) is 0 Å². The lowest BCUT2D eigenvalue weighted by atomic mass is 10.1. The molecule has 5 heterocycles. The number of nitrogen functional groups attached to an aromatic ring is 2. The van der Waals surface area contributed by atoms with E-state index in [-0.39, 0.29) is 35.6 Å². The summed E-state index contributed by atoms with van der Waals surface area (Å²) in [5.74, 6) is -2.05. The fraction of sp³-hybridized carbons (Fsp3) is 0.517. The lowest BCUT2D eigenvalue weighted by Gasteiger charge is -2.26. The first-order chi connectivity index (χ1) is 27.3. The first kappa shape index (κ1) is 44.9. The summed E-state index contributed by atoms with van der Waals surface area (Å²) in [5.41, 5.74) is 10.5. The van der Waals surface area contributed by atoms with Gasteiger partial charge in [0.15, 0.2) is 35.1 Å². The molecular formula is C29H39N9O17P2S. The summed E-state index contributed by atoms with van der Waals surface area (Å²) in [7, 11) is -10.6. The molecule has 1 amide bonds. The van der Waals surface area contributed by atoms with Crippen molar-refractivity contribution in [2.24, 2.45) is 0 Å². The number of anilines is 2. The van der Waals surface area contributed by atoms with Gasteiger partial charge in [0.05, 0.1) is 19.5 Å². The summed E-state index contributed by atoms with van der Waals surface area (Å²) in [6.45, 7) is 1.49. The maximum absolute atomic E-state index is 13.6. The van der Waals surface area contributed by atoms with Crippen LogP contribution in [-0.2, 0) is 51.3 Å². The summed E-state index contributed by atoms with van der Waals surface area (Å²) >= 11 is 0.777. The quantitative estimate of drug-likeness (QED) is 0.0390. The average molecular weight is 880 g/mol. The van der Waals surface area contributed by atoms with E-state index in [0.29, 0.717) is 0 Å². The number of aliphatic hydroxyl groups is 2. The third kappa shape index (κ3) is 10.9. The number of carbonyl (C=O) groups is 3. The lowest BCUT2D eigenvalue weighted by molar-refractivity contribution is -0.160. The molecule has 10 atom stereocenters. The Hall–Kier alpha value is -4.21. The van der Waals surface area contributed by atoms with Crippen LogP contribution in [0.15, 0.2) is 42.4 Å². The molecule has 3 aromatic rings. The number of aromatic nitrogens is 6. The van der Waals surface area contributed by atoms with Crippen molar-refractivity contribution in [1.29, 1.82) is 0 Å². The van der Waals surface area contributed by atoms with Crippen molar-refractivity contribution in [1.82, 2.24) is 34.4 Å². The number of allylic oxidation sites excluding steroid dienone is 1. The molecule has 26 nitrogen and oxygen atoms in total. The number of phosphoric acid groups is 2. The highest BCUT2D eigenvalue weighted by atomic mass is 32.2. The van der Waals surface area contributed by atoms with E-state index in [1.165, 1.54) is 23.2 Å². The summed E-state index contributed by atoms with van der Waals surface area (Å²) in [4.78, 5) is 95.9. The van der Waals surface area contributed by atoms with Crippen molar-refractivity contribution in [3.05, 3.63) is 48.1 Å². The molecule has 5 rings (SSSR count). The maximum Gasteiger partial charge on any atom is 0.472 e. The highest BCUT2D eigenvalue weighted by molar-refractivity contribution is 8.13. The van der Waals surface area contributed by atoms with Gasteiger partial charge in [0.1, 0.15) is 54.2 Å². The van der Waals surface area contributed by atoms with Crippen molar-refractivity contribution < 1.29 is 76.2 Å². The monoisotopic (exact) mass is 879 g/mol. The van der Waals surface area contributed by atoms with Gasteiger partial charge in [-0.1, -0.05) is 17.8 Å². The van der Waals surface area contributed by atoms with E-state index in [9.17, 15) is 53.2 Å². The molecule has 1 unspecified atom stereocenters. The van der Waals surface area contributed by atoms with Gasteiger partial charge in [-0.2, -0.15) is 4.98 Å². The number of nitrogens with two attached hydrogens (primary N) is 2. The van der Waals surface area contributed by atoms with Gasteiger partial charge in [-0.25, -0.2) is 33.7 Å². The zero-order valence-corrected chi connectivity index (χ0v) is 32.7. The number of esters is 1. The number of ether oxygens (including phenoxy) is 3. The normalized spacial score (nSPS) is 26.2. The SMILES string of the molecule is C=CCCC(=O)N[C@H](CC(=O)SC)C(=O)O[C@H]1[C@@H](O)[C@H](n2cnc3c(N)ncnc32)O[C@H]1COP(=O)(O)O[C@H]1[C@@H](O)[C@H](n2ccc(N)nc2=O)O[C@@H]1COP(=O)(O)O. The Morgan fingerprint density at radius 1 is 1.03 bits per heavy atom. The Balaban J connectivity index is 1.40. The number of nitrogens with zero attached hydrogens (tertiary/aromatic N) is 6. The van der Waals surface area contributed by atoms with Crippen LogP contribution in [0.25, 0.3) is 11.2 Å². The fourth-order valence-electron chi connectivity index (χ4n) is 5.80. The molecule has 0 spiro atoms. The minimum atomic E-state index is -5.43. The van der Waals surface area contributed by atoms with Gasteiger partial charge in [-0.05, 0) is 18.7 Å². The maximum atomic E-state index is 13.6. The first-order valence-corrected chi connectivity index (χ1v) is 21.1. The standard InChI is InChI=1S/C29H39N9O17P2S/c1-3-4-5-17(39)35-13(8-18(40)58-2)28(43)54-22-14(52-27(20(22)41)38-12-34-19-24(31)32-11-33-25(19)38)10-51-57(48,49)55-23-15(9-50-56(45,46)47)53-26(21(23)42)37-7-6-16(30)36-29(37)44/h3,6-7,11-15,20-23,26-27,41-42H,1,4-5,8-10H2,2H3,(H,35,39)(H,48,49)(H2,30,36,44)(H2,31,32,33)(H2,45,46,47)/t13-,14+,15-,20-,21-,22-,23-,26-,27-/m1/s1. The molecule has 2 aliphatic rings. The van der Waals surface area contributed by atoms with Gasteiger partial charge in [0.25, 0.3) is 0 Å². The largest absolute Gasteiger partial charge is 0.472 e. The average Bonchev–Trinajstić information content (AvgIpc) is 3.81. The van der Waals surface area contributed by atoms with E-state index in [4.69, 9.17) is 34.7 Å². The number of phosphoric ester groups is 2. The van der Waals surface area contributed by atoms with E-state index >= 15 is 0 Å². The zero-order valence-electron chi connectivity index (χ0n) is 30.1. The summed E-state index contributed by atoms with van der Waals surface area (Å²) in [6, 6.07) is -0.389. The van der Waals surface area contributed by atoms with E-state index in [1.807, 2.05) is 0 Å². The molecule has 0 saturated carbocycles. The number of imidazole rings is 1. The van der Waals surface area contributed by atoms with Crippen LogP contribution in [0.1, 0.15) is 31.7 Å². The highest BCUT2D eigenvalue weighted by Crippen LogP contribution is 2.50. The summed E-state index contributed by atoms with van der Waals surface area (Å²) < 4.78 is 58.8. The smallest absolute Gasteiger partial charge is 0.455 e. The van der Waals surface area contributed by atoms with Crippen LogP contribution in [0, 0.1) is 0 Å². The van der Waals surface area contributed by atoms with Crippen LogP contribution in [-0.4, -0.2) is 133 Å². The molecule has 2 fully saturated rings. The number of thioether (sulfide) groups is 1. The molecule has 58 heavy (non-hydrogen) atoms. The van der Waals surface area contributed by atoms with Crippen molar-refractivity contribution in [2.45, 2.75) is 74.4 Å². The van der Waals surface area contributed by atoms with Gasteiger partial charge in [-0.3, -0.25) is 32.3 Å². The number of nitrogens with one attached hydrogen (secondary N) is 1. The van der Waals surface area contributed by atoms with Gasteiger partial charge in [-0.15, -0.1) is 6.58 Å². The third-order valence-electron chi connectivity index (χ3n) is 8.52. The second kappa shape index (κ2) is 18.8. The minimum Gasteiger partial charge on any atom is -0.455 e. The van der Waals surface area contributed by atoms with E-state index in [0.717, 1.165) is 34.9 Å². The number of carbonyl (C=O) groups excluding carboxylic acids is 3. The fourth-order valence-corrected chi connectivity index (χ4v) is 7.44. The van der Waals surface area contributed by atoms with Crippen LogP contribution in [0.4, 0.5) is 11.6 Å². The Bertz CT molecular complexity index is 2160. The van der Waals surface area contributed by atoms with E-state index in [1.54, 1.807) is 0 Å². The molecule has 0 bridgehead atoms. The molecule has 318 valence electrons. The predicted molar refractivity (Wildman–Crippen MR) is 196 cm³/mol. The molecule has 10 N–H and O–H groups in total. The van der Waals surface area contributed by atoms with Crippen LogP contribution in [0.2, 0.25) is 0 Å². The molecule has 2 saturated heterocycles. The Kier molecular flexibility index (Phi) is 14.5. The number of aliphatic hydroxyl groups excluding tert-OH is 2. The second-order valence-corrected chi connectivity index (χ2v) is 16.0. The van der Waals surface area contributed by atoms with Gasteiger partial charge >= 0.3 is 27.3 Å². The zero-order chi connectivity index (χ0) is 42.5. The molecule has 0 aromatic carbocycles. The van der Waals surface area contributed by atoms with Gasteiger partial charge in [0.2, 0.25) is 5.91 Å². The molecular weight excluding hydrogens is 840 g/mol. The molecule has 3 aromatic heterocycles. The second-order valence-electron chi connectivity index (χ2n) is 12.5. The van der Waals surface area contributed by atoms with Crippen molar-refractivity contribution in [2.75, 3.05) is 30.9 Å². The lowest BCUT2D eigenvalue weighted by Crippen LogP contribution is -2.47. The predicted octanol–water partition coefficient (Wildman–Crippen LogP) is -1.98. The van der Waals surface area contributed by atoms with E-state index in [2.05, 4.69) is 36.4 Å². The first-order valence-electron chi connectivity index (χ1n) is 16.8. The van der Waals surface area contributed by atoms with Gasteiger partial charge in [0, 0.05) is 19.0 Å². The van der Waals surface area contributed by atoms with Crippen molar-refractivity contribution >= 4 is 67.2 Å². The summed E-state index contributed by atoms with van der Waals surface area (Å²) in [6.07, 6.45) is -8.23. The Morgan fingerprint density at radius 3 is 2.34 bits per heavy atom. The molecule has 2 aliphatic heterocycles. The molecule has 29 heteroatoms. The molecule has 0 radical (unpaired) electrons. The molecule has 0 aliphatic carbocycles. The number of hydrogen-bond donors (Lipinski definition) is 8. The topological polar surface area (TPSA) is 384 Å². The summed E-state index contributed by atoms with van der Waals surface area (Å²) in [5, 5.41) is 24.5. The van der Waals surface area contributed by atoms with Crippen LogP contribution < -0.4 is 22.5 Å². The van der Waals surface area contributed by atoms with E-state index < -0.39 is 113 Å². The van der Waals surface area contributed by atoms with Crippen molar-refractivity contribution in [3.8, 4) is 0 Å². The van der Waals surface area contributed by atoms with Crippen molar-refractivity contribution in [3.63, 3.8) is 0 Å². The number of hydrogen-bond acceptors (Lipinski definition) is 21.